The minimum atomic E-state index is -1.11. The average molecular weight is 363 g/mol. The Bertz CT molecular complexity index is 817. The molecular weight excluding hydrogens is 336 g/mol. The molecule has 3 N–H and O–H groups in total. The van der Waals surface area contributed by atoms with Gasteiger partial charge in [-0.25, -0.2) is 4.48 Å². The van der Waals surface area contributed by atoms with Gasteiger partial charge in [-0.15, -0.1) is 0 Å². The van der Waals surface area contributed by atoms with Crippen molar-refractivity contribution in [2.75, 3.05) is 13.7 Å². The Labute approximate surface area is 152 Å². The van der Waals surface area contributed by atoms with Gasteiger partial charge in [0.25, 0.3) is 0 Å². The van der Waals surface area contributed by atoms with Crippen LogP contribution >= 0.6 is 0 Å². The molecule has 0 radical (unpaired) electrons. The Balaban J connectivity index is 2.24. The number of aromatic nitrogens is 1. The number of ether oxygens (including phenoxy) is 1. The lowest BCUT2D eigenvalue weighted by molar-refractivity contribution is -0.917. The number of methoxy groups -OCH3 is 1. The molecule has 1 amide bonds. The fourth-order valence-corrected chi connectivity index (χ4v) is 4.33. The normalized spacial score (nSPS) is 28.0. The van der Waals surface area contributed by atoms with Crippen LogP contribution in [-0.4, -0.2) is 50.9 Å². The Morgan fingerprint density at radius 2 is 1.96 bits per heavy atom. The Morgan fingerprint density at radius 3 is 2.46 bits per heavy atom. The third kappa shape index (κ3) is 2.30. The lowest BCUT2D eigenvalue weighted by atomic mass is 9.73. The number of aliphatic carboxylic acids is 1. The zero-order valence-corrected chi connectivity index (χ0v) is 16.0. The monoisotopic (exact) mass is 363 g/mol. The summed E-state index contributed by atoms with van der Waals surface area (Å²) < 4.78 is 5.33. The summed E-state index contributed by atoms with van der Waals surface area (Å²) in [6.07, 6.45) is 1.78. The predicted octanol–water partition coefficient (Wildman–Crippen LogP) is 3.10. The first-order chi connectivity index (χ1) is 12.0. The summed E-state index contributed by atoms with van der Waals surface area (Å²) in [5.41, 5.74) is 1.47. The summed E-state index contributed by atoms with van der Waals surface area (Å²) >= 11 is 0. The van der Waals surface area contributed by atoms with E-state index < -0.39 is 23.0 Å². The van der Waals surface area contributed by atoms with E-state index in [1.807, 2.05) is 20.8 Å². The SMILES string of the molecule is COC1=CCC(C)(C(=O)O)c2c1[nH]c1c2C[N+](C(=O)O)(C(C)(C)C)CC1. The molecule has 1 aromatic heterocycles. The molecule has 1 aliphatic carbocycles. The van der Waals surface area contributed by atoms with Crippen LogP contribution in [0.4, 0.5) is 4.79 Å². The highest BCUT2D eigenvalue weighted by Gasteiger charge is 2.53. The molecule has 2 aliphatic rings. The number of nitrogens with one attached hydrogen (secondary N) is 1. The number of carboxylic acids is 1. The molecule has 26 heavy (non-hydrogen) atoms. The lowest BCUT2D eigenvalue weighted by Crippen LogP contribution is -2.64. The third-order valence-corrected chi connectivity index (χ3v) is 6.20. The van der Waals surface area contributed by atoms with Crippen molar-refractivity contribution in [1.82, 2.24) is 4.98 Å². The van der Waals surface area contributed by atoms with Gasteiger partial charge >= 0.3 is 12.1 Å². The smallest absolute Gasteiger partial charge is 0.495 e. The summed E-state index contributed by atoms with van der Waals surface area (Å²) in [4.78, 5) is 27.7. The number of quaternary nitrogens is 1. The summed E-state index contributed by atoms with van der Waals surface area (Å²) in [5, 5.41) is 20.0. The van der Waals surface area contributed by atoms with Crippen LogP contribution in [0.1, 0.15) is 56.6 Å². The maximum absolute atomic E-state index is 12.2. The molecule has 1 aliphatic heterocycles. The molecule has 142 valence electrons. The average Bonchev–Trinajstić information content (AvgIpc) is 2.93. The summed E-state index contributed by atoms with van der Waals surface area (Å²) in [6, 6.07) is 0. The largest absolute Gasteiger partial charge is 0.514 e. The van der Waals surface area contributed by atoms with Crippen molar-refractivity contribution in [3.63, 3.8) is 0 Å². The first-order valence-electron chi connectivity index (χ1n) is 8.81. The molecule has 0 fully saturated rings. The number of rotatable bonds is 2. The van der Waals surface area contributed by atoms with Gasteiger partial charge in [-0.1, -0.05) is 0 Å². The van der Waals surface area contributed by atoms with Crippen LogP contribution in [-0.2, 0) is 27.9 Å². The van der Waals surface area contributed by atoms with Gasteiger partial charge in [0.2, 0.25) is 0 Å². The minimum absolute atomic E-state index is 0.119. The molecule has 2 atom stereocenters. The van der Waals surface area contributed by atoms with Crippen LogP contribution in [0.15, 0.2) is 6.08 Å². The highest BCUT2D eigenvalue weighted by molar-refractivity contribution is 5.86. The van der Waals surface area contributed by atoms with Crippen LogP contribution in [0, 0.1) is 0 Å². The first kappa shape index (κ1) is 18.5. The van der Waals surface area contributed by atoms with E-state index >= 15 is 0 Å². The van der Waals surface area contributed by atoms with Crippen LogP contribution in [0.5, 0.6) is 0 Å². The van der Waals surface area contributed by atoms with Crippen LogP contribution in [0.2, 0.25) is 0 Å². The fraction of sp³-hybridized carbons (Fsp3) is 0.579. The van der Waals surface area contributed by atoms with Crippen molar-refractivity contribution in [1.29, 1.82) is 0 Å². The van der Waals surface area contributed by atoms with E-state index in [9.17, 15) is 19.8 Å². The quantitative estimate of drug-likeness (QED) is 0.701. The van der Waals surface area contributed by atoms with E-state index in [1.54, 1.807) is 20.1 Å². The van der Waals surface area contributed by atoms with E-state index in [2.05, 4.69) is 4.98 Å². The minimum Gasteiger partial charge on any atom is -0.495 e. The standard InChI is InChI=1S/C19H26N2O5/c1-18(2,3)21(17(24)25)9-7-12-11(10-21)14-15(20-12)13(26-5)6-8-19(14,4)16(22)23/h6,20H,7-10H2,1-5H3,(H-,22,23,24,25)/p+1. The predicted molar refractivity (Wildman–Crippen MR) is 95.7 cm³/mol. The van der Waals surface area contributed by atoms with Crippen molar-refractivity contribution in [3.8, 4) is 0 Å². The summed E-state index contributed by atoms with van der Waals surface area (Å²) in [5.74, 6) is -0.293. The van der Waals surface area contributed by atoms with E-state index in [0.29, 0.717) is 36.4 Å². The van der Waals surface area contributed by atoms with Gasteiger partial charge in [0.15, 0.2) is 0 Å². The number of H-pyrrole nitrogens is 1. The van der Waals surface area contributed by atoms with Gasteiger partial charge in [-0.05, 0) is 40.2 Å². The summed E-state index contributed by atoms with van der Waals surface area (Å²) in [7, 11) is 1.56. The highest BCUT2D eigenvalue weighted by Crippen LogP contribution is 2.46. The number of aromatic amines is 1. The summed E-state index contributed by atoms with van der Waals surface area (Å²) in [6.45, 7) is 8.18. The topological polar surface area (TPSA) is 99.6 Å². The number of allylic oxidation sites excluding steroid dienone is 1. The van der Waals surface area contributed by atoms with Gasteiger partial charge in [0, 0.05) is 23.2 Å². The maximum atomic E-state index is 12.2. The zero-order chi connectivity index (χ0) is 19.5. The Kier molecular flexibility index (Phi) is 3.99. The second-order valence-corrected chi connectivity index (χ2v) is 8.50. The molecule has 2 heterocycles. The molecule has 0 saturated carbocycles. The van der Waals surface area contributed by atoms with Crippen molar-refractivity contribution < 1.29 is 29.0 Å². The molecule has 0 aromatic carbocycles. The van der Waals surface area contributed by atoms with E-state index in [0.717, 1.165) is 11.3 Å². The first-order valence-corrected chi connectivity index (χ1v) is 8.81. The van der Waals surface area contributed by atoms with Crippen molar-refractivity contribution >= 4 is 17.8 Å². The van der Waals surface area contributed by atoms with Crippen molar-refractivity contribution in [2.45, 2.75) is 58.0 Å². The molecule has 7 nitrogen and oxygen atoms in total. The van der Waals surface area contributed by atoms with E-state index in [1.165, 1.54) is 0 Å². The number of carbonyl (C=O) groups is 2. The van der Waals surface area contributed by atoms with Crippen molar-refractivity contribution in [2.24, 2.45) is 0 Å². The molecule has 7 heteroatoms. The fourth-order valence-electron chi connectivity index (χ4n) is 4.33. The zero-order valence-electron chi connectivity index (χ0n) is 16.0. The molecular formula is C19H27N2O5+. The maximum Gasteiger partial charge on any atom is 0.514 e. The number of hydrogen-bond donors (Lipinski definition) is 3. The Morgan fingerprint density at radius 1 is 1.31 bits per heavy atom. The highest BCUT2D eigenvalue weighted by atomic mass is 16.5. The number of carboxylic acid groups (broad SMARTS) is 2. The number of nitrogens with zero attached hydrogens (tertiary/aromatic N) is 1. The van der Waals surface area contributed by atoms with Gasteiger partial charge in [0.05, 0.1) is 24.8 Å². The van der Waals surface area contributed by atoms with E-state index in [4.69, 9.17) is 4.74 Å². The van der Waals surface area contributed by atoms with E-state index in [-0.39, 0.29) is 11.0 Å². The molecule has 2 unspecified atom stereocenters. The van der Waals surface area contributed by atoms with Gasteiger partial charge in [-0.2, -0.15) is 4.79 Å². The lowest BCUT2D eigenvalue weighted by Gasteiger charge is -2.46. The van der Waals surface area contributed by atoms with Crippen LogP contribution in [0.3, 0.4) is 0 Å². The van der Waals surface area contributed by atoms with Crippen molar-refractivity contribution in [3.05, 3.63) is 28.6 Å². The van der Waals surface area contributed by atoms with Crippen LogP contribution in [0.25, 0.3) is 5.76 Å². The number of amides is 1. The molecule has 1 aromatic rings. The third-order valence-electron chi connectivity index (χ3n) is 6.20. The Hall–Kier alpha value is -2.28. The number of hydrogen-bond acceptors (Lipinski definition) is 3. The second kappa shape index (κ2) is 5.61. The molecule has 0 spiro atoms. The van der Waals surface area contributed by atoms with Gasteiger partial charge in [0.1, 0.15) is 17.8 Å². The second-order valence-electron chi connectivity index (χ2n) is 8.50. The molecule has 0 saturated heterocycles. The molecule has 3 rings (SSSR count). The molecule has 0 bridgehead atoms. The van der Waals surface area contributed by atoms with Gasteiger partial charge in [-0.3, -0.25) is 4.79 Å². The van der Waals surface area contributed by atoms with Gasteiger partial charge < -0.3 is 19.9 Å². The number of fused-ring (bicyclic) bond motifs is 3. The van der Waals surface area contributed by atoms with Crippen LogP contribution < -0.4 is 0 Å².